The number of pyridine rings is 1. The molecule has 102 valence electrons. The van der Waals surface area contributed by atoms with Crippen molar-refractivity contribution in [3.05, 3.63) is 53.9 Å². The van der Waals surface area contributed by atoms with E-state index >= 15 is 0 Å². The standard InChI is InChI=1S/C16H18N4/c1-11(12-7-5-4-6-8-12)15-17-13-9-10-14(20(2)3)18-16(13)19-15/h4-11H,1-3H3,(H,17,18,19). The van der Waals surface area contributed by atoms with Crippen molar-refractivity contribution in [2.45, 2.75) is 12.8 Å². The Morgan fingerprint density at radius 1 is 1.00 bits per heavy atom. The number of benzene rings is 1. The topological polar surface area (TPSA) is 44.8 Å². The van der Waals surface area contributed by atoms with Crippen LogP contribution in [-0.4, -0.2) is 29.0 Å². The summed E-state index contributed by atoms with van der Waals surface area (Å²) in [6.07, 6.45) is 0. The molecule has 0 radical (unpaired) electrons. The summed E-state index contributed by atoms with van der Waals surface area (Å²) in [5.74, 6) is 2.10. The molecule has 0 amide bonds. The zero-order valence-electron chi connectivity index (χ0n) is 12.0. The van der Waals surface area contributed by atoms with E-state index in [2.05, 4.69) is 46.1 Å². The summed E-state index contributed by atoms with van der Waals surface area (Å²) < 4.78 is 0. The Hall–Kier alpha value is -2.36. The molecule has 0 aliphatic carbocycles. The van der Waals surface area contributed by atoms with Gasteiger partial charge in [-0.1, -0.05) is 37.3 Å². The average Bonchev–Trinajstić information content (AvgIpc) is 2.90. The Kier molecular flexibility index (Phi) is 3.14. The molecular weight excluding hydrogens is 248 g/mol. The summed E-state index contributed by atoms with van der Waals surface area (Å²) in [5.41, 5.74) is 3.00. The number of fused-ring (bicyclic) bond motifs is 1. The van der Waals surface area contributed by atoms with Gasteiger partial charge in [-0.2, -0.15) is 0 Å². The second-order valence-corrected chi connectivity index (χ2v) is 5.19. The quantitative estimate of drug-likeness (QED) is 0.792. The van der Waals surface area contributed by atoms with Crippen LogP contribution in [0.3, 0.4) is 0 Å². The van der Waals surface area contributed by atoms with Crippen molar-refractivity contribution < 1.29 is 0 Å². The van der Waals surface area contributed by atoms with Gasteiger partial charge in [-0.05, 0) is 17.7 Å². The summed E-state index contributed by atoms with van der Waals surface area (Å²) in [7, 11) is 3.96. The molecule has 0 spiro atoms. The predicted molar refractivity (Wildman–Crippen MR) is 82.2 cm³/mol. The van der Waals surface area contributed by atoms with E-state index in [1.807, 2.05) is 37.2 Å². The van der Waals surface area contributed by atoms with Crippen LogP contribution in [0.1, 0.15) is 24.2 Å². The number of rotatable bonds is 3. The first-order valence-corrected chi connectivity index (χ1v) is 6.74. The monoisotopic (exact) mass is 266 g/mol. The van der Waals surface area contributed by atoms with Crippen molar-refractivity contribution in [1.82, 2.24) is 15.0 Å². The lowest BCUT2D eigenvalue weighted by Crippen LogP contribution is -2.10. The van der Waals surface area contributed by atoms with Crippen molar-refractivity contribution in [1.29, 1.82) is 0 Å². The minimum Gasteiger partial charge on any atom is -0.363 e. The third-order valence-electron chi connectivity index (χ3n) is 3.52. The van der Waals surface area contributed by atoms with E-state index in [4.69, 9.17) is 0 Å². The molecule has 1 N–H and O–H groups in total. The molecule has 1 aromatic carbocycles. The second kappa shape index (κ2) is 4.96. The molecule has 0 saturated carbocycles. The molecule has 3 rings (SSSR count). The number of nitrogens with zero attached hydrogens (tertiary/aromatic N) is 3. The van der Waals surface area contributed by atoms with Crippen LogP contribution >= 0.6 is 0 Å². The van der Waals surface area contributed by atoms with Crippen molar-refractivity contribution in [2.24, 2.45) is 0 Å². The highest BCUT2D eigenvalue weighted by Gasteiger charge is 2.13. The van der Waals surface area contributed by atoms with Crippen LogP contribution in [0, 0.1) is 0 Å². The molecule has 1 atom stereocenters. The molecule has 20 heavy (non-hydrogen) atoms. The fourth-order valence-electron chi connectivity index (χ4n) is 2.25. The Balaban J connectivity index is 2.00. The Labute approximate surface area is 118 Å². The Morgan fingerprint density at radius 3 is 2.45 bits per heavy atom. The number of H-pyrrole nitrogens is 1. The van der Waals surface area contributed by atoms with Gasteiger partial charge in [0.05, 0.1) is 5.52 Å². The van der Waals surface area contributed by atoms with Crippen LogP contribution in [0.15, 0.2) is 42.5 Å². The zero-order valence-corrected chi connectivity index (χ0v) is 12.0. The third kappa shape index (κ3) is 2.25. The fraction of sp³-hybridized carbons (Fsp3) is 0.250. The minimum atomic E-state index is 0.230. The maximum absolute atomic E-state index is 4.64. The molecule has 1 unspecified atom stereocenters. The average molecular weight is 266 g/mol. The fourth-order valence-corrected chi connectivity index (χ4v) is 2.25. The summed E-state index contributed by atoms with van der Waals surface area (Å²) in [6, 6.07) is 14.4. The molecule has 2 heterocycles. The molecule has 0 aliphatic rings. The lowest BCUT2D eigenvalue weighted by atomic mass is 10.0. The van der Waals surface area contributed by atoms with Gasteiger partial charge in [0.2, 0.25) is 0 Å². The molecule has 2 aromatic heterocycles. The van der Waals surface area contributed by atoms with Gasteiger partial charge in [0.25, 0.3) is 0 Å². The van der Waals surface area contributed by atoms with Gasteiger partial charge >= 0.3 is 0 Å². The van der Waals surface area contributed by atoms with Gasteiger partial charge in [-0.15, -0.1) is 0 Å². The number of aromatic amines is 1. The third-order valence-corrected chi connectivity index (χ3v) is 3.52. The highest BCUT2D eigenvalue weighted by atomic mass is 15.1. The first-order valence-electron chi connectivity index (χ1n) is 6.74. The number of hydrogen-bond acceptors (Lipinski definition) is 3. The van der Waals surface area contributed by atoms with Gasteiger partial charge in [0, 0.05) is 20.0 Å². The smallest absolute Gasteiger partial charge is 0.179 e. The van der Waals surface area contributed by atoms with Gasteiger partial charge in [-0.3, -0.25) is 0 Å². The molecular formula is C16H18N4. The Morgan fingerprint density at radius 2 is 1.75 bits per heavy atom. The largest absolute Gasteiger partial charge is 0.363 e. The van der Waals surface area contributed by atoms with E-state index in [1.165, 1.54) is 5.56 Å². The lowest BCUT2D eigenvalue weighted by Gasteiger charge is -2.09. The maximum Gasteiger partial charge on any atom is 0.179 e. The van der Waals surface area contributed by atoms with Crippen LogP contribution in [0.4, 0.5) is 5.82 Å². The first kappa shape index (κ1) is 12.7. The molecule has 3 aromatic rings. The Bertz CT molecular complexity index is 716. The van der Waals surface area contributed by atoms with Crippen LogP contribution in [0.2, 0.25) is 0 Å². The second-order valence-electron chi connectivity index (χ2n) is 5.19. The van der Waals surface area contributed by atoms with E-state index < -0.39 is 0 Å². The maximum atomic E-state index is 4.64. The normalized spacial score (nSPS) is 12.6. The summed E-state index contributed by atoms with van der Waals surface area (Å²) >= 11 is 0. The van der Waals surface area contributed by atoms with Crippen LogP contribution in [-0.2, 0) is 0 Å². The zero-order chi connectivity index (χ0) is 14.1. The summed E-state index contributed by atoms with van der Waals surface area (Å²) in [5, 5.41) is 0. The summed E-state index contributed by atoms with van der Waals surface area (Å²) in [4.78, 5) is 14.5. The molecule has 4 nitrogen and oxygen atoms in total. The lowest BCUT2D eigenvalue weighted by molar-refractivity contribution is 0.844. The van der Waals surface area contributed by atoms with E-state index in [0.29, 0.717) is 0 Å². The molecule has 0 saturated heterocycles. The van der Waals surface area contributed by atoms with Crippen LogP contribution in [0.5, 0.6) is 0 Å². The number of imidazole rings is 1. The van der Waals surface area contributed by atoms with E-state index in [0.717, 1.165) is 22.8 Å². The van der Waals surface area contributed by atoms with Crippen molar-refractivity contribution in [2.75, 3.05) is 19.0 Å². The molecule has 0 bridgehead atoms. The highest BCUT2D eigenvalue weighted by Crippen LogP contribution is 2.24. The molecule has 4 heteroatoms. The van der Waals surface area contributed by atoms with E-state index in [9.17, 15) is 0 Å². The minimum absolute atomic E-state index is 0.230. The number of anilines is 1. The highest BCUT2D eigenvalue weighted by molar-refractivity contribution is 5.73. The first-order chi connectivity index (χ1) is 9.65. The van der Waals surface area contributed by atoms with Gasteiger partial charge in [0.15, 0.2) is 5.65 Å². The van der Waals surface area contributed by atoms with Crippen molar-refractivity contribution >= 4 is 17.0 Å². The van der Waals surface area contributed by atoms with Crippen LogP contribution < -0.4 is 4.90 Å². The van der Waals surface area contributed by atoms with E-state index in [1.54, 1.807) is 0 Å². The van der Waals surface area contributed by atoms with Gasteiger partial charge in [-0.25, -0.2) is 9.97 Å². The number of nitrogens with one attached hydrogen (secondary N) is 1. The number of hydrogen-bond donors (Lipinski definition) is 1. The van der Waals surface area contributed by atoms with Crippen molar-refractivity contribution in [3.8, 4) is 0 Å². The number of aromatic nitrogens is 3. The molecule has 0 aliphatic heterocycles. The van der Waals surface area contributed by atoms with Crippen molar-refractivity contribution in [3.63, 3.8) is 0 Å². The van der Waals surface area contributed by atoms with Gasteiger partial charge < -0.3 is 9.88 Å². The SMILES string of the molecule is CC(c1ccccc1)c1nc2nc(N(C)C)ccc2[nH]1. The van der Waals surface area contributed by atoms with E-state index in [-0.39, 0.29) is 5.92 Å². The predicted octanol–water partition coefficient (Wildman–Crippen LogP) is 3.18. The van der Waals surface area contributed by atoms with Crippen LogP contribution in [0.25, 0.3) is 11.2 Å². The molecule has 0 fully saturated rings. The summed E-state index contributed by atoms with van der Waals surface area (Å²) in [6.45, 7) is 2.15. The van der Waals surface area contributed by atoms with Gasteiger partial charge in [0.1, 0.15) is 11.6 Å².